The van der Waals surface area contributed by atoms with Crippen molar-refractivity contribution in [1.29, 1.82) is 0 Å². The molecule has 1 fully saturated rings. The van der Waals surface area contributed by atoms with Gasteiger partial charge in [-0.05, 0) is 56.2 Å². The van der Waals surface area contributed by atoms with Gasteiger partial charge in [-0.3, -0.25) is 14.4 Å². The molecule has 3 amide bonds. The first-order chi connectivity index (χ1) is 16.0. The van der Waals surface area contributed by atoms with E-state index in [2.05, 4.69) is 10.6 Å². The molecule has 0 radical (unpaired) electrons. The standard InChI is InChI=1S/C27H35N3O3/c1-3-17-28-27(33)25(29-26(32)23-12-9-20(2)10-13-23)22-15-18-30(19-16-22)24(31)14-11-21-7-5-4-6-8-21/h4-10,12-13,22,25H,3,11,14-19H2,1-2H3,(H,28,33)(H,29,32)/t25-/m1/s1. The molecular formula is C27H35N3O3. The highest BCUT2D eigenvalue weighted by atomic mass is 16.2. The van der Waals surface area contributed by atoms with Crippen molar-refractivity contribution < 1.29 is 14.4 Å². The molecule has 3 rings (SSSR count). The van der Waals surface area contributed by atoms with Crippen molar-refractivity contribution >= 4 is 17.7 Å². The molecule has 0 bridgehead atoms. The summed E-state index contributed by atoms with van der Waals surface area (Å²) in [6.45, 7) is 5.76. The van der Waals surface area contributed by atoms with Crippen LogP contribution in [-0.4, -0.2) is 48.3 Å². The molecule has 0 spiro atoms. The van der Waals surface area contributed by atoms with Gasteiger partial charge in [0.15, 0.2) is 0 Å². The Kier molecular flexibility index (Phi) is 9.04. The van der Waals surface area contributed by atoms with Crippen molar-refractivity contribution in [2.75, 3.05) is 19.6 Å². The molecule has 0 saturated carbocycles. The topological polar surface area (TPSA) is 78.5 Å². The molecule has 1 aliphatic heterocycles. The Morgan fingerprint density at radius 3 is 2.30 bits per heavy atom. The van der Waals surface area contributed by atoms with Crippen LogP contribution in [0, 0.1) is 12.8 Å². The molecule has 1 heterocycles. The third kappa shape index (κ3) is 7.17. The number of carbonyl (C=O) groups excluding carboxylic acids is 3. The molecule has 176 valence electrons. The molecule has 0 aliphatic carbocycles. The molecule has 2 aromatic carbocycles. The number of aryl methyl sites for hydroxylation is 2. The molecular weight excluding hydrogens is 414 g/mol. The van der Waals surface area contributed by atoms with E-state index in [1.165, 1.54) is 0 Å². The van der Waals surface area contributed by atoms with Crippen LogP contribution < -0.4 is 10.6 Å². The predicted octanol–water partition coefficient (Wildman–Crippen LogP) is 3.49. The average Bonchev–Trinajstić information content (AvgIpc) is 2.85. The molecule has 1 atom stereocenters. The lowest BCUT2D eigenvalue weighted by Gasteiger charge is -2.36. The summed E-state index contributed by atoms with van der Waals surface area (Å²) in [6, 6.07) is 16.7. The Balaban J connectivity index is 1.58. The second-order valence-corrected chi connectivity index (χ2v) is 8.81. The third-order valence-corrected chi connectivity index (χ3v) is 6.27. The van der Waals surface area contributed by atoms with Gasteiger partial charge in [-0.2, -0.15) is 0 Å². The SMILES string of the molecule is CCCNC(=O)[C@H](NC(=O)c1ccc(C)cc1)C1CCN(C(=O)CCc2ccccc2)CC1. The van der Waals surface area contributed by atoms with Crippen LogP contribution in [0.15, 0.2) is 54.6 Å². The lowest BCUT2D eigenvalue weighted by molar-refractivity contribution is -0.133. The van der Waals surface area contributed by atoms with Gasteiger partial charge in [-0.15, -0.1) is 0 Å². The molecule has 6 nitrogen and oxygen atoms in total. The second-order valence-electron chi connectivity index (χ2n) is 8.81. The van der Waals surface area contributed by atoms with E-state index in [9.17, 15) is 14.4 Å². The van der Waals surface area contributed by atoms with Crippen LogP contribution in [0.4, 0.5) is 0 Å². The molecule has 2 N–H and O–H groups in total. The highest BCUT2D eigenvalue weighted by Crippen LogP contribution is 2.22. The number of hydrogen-bond donors (Lipinski definition) is 2. The Hall–Kier alpha value is -3.15. The average molecular weight is 450 g/mol. The zero-order valence-corrected chi connectivity index (χ0v) is 19.7. The molecule has 2 aromatic rings. The summed E-state index contributed by atoms with van der Waals surface area (Å²) in [5.41, 5.74) is 2.78. The van der Waals surface area contributed by atoms with Crippen LogP contribution in [-0.2, 0) is 16.0 Å². The summed E-state index contributed by atoms with van der Waals surface area (Å²) in [5, 5.41) is 5.90. The van der Waals surface area contributed by atoms with E-state index in [4.69, 9.17) is 0 Å². The van der Waals surface area contributed by atoms with E-state index < -0.39 is 6.04 Å². The molecule has 33 heavy (non-hydrogen) atoms. The van der Waals surface area contributed by atoms with E-state index in [-0.39, 0.29) is 23.6 Å². The van der Waals surface area contributed by atoms with Crippen LogP contribution >= 0.6 is 0 Å². The number of hydrogen-bond acceptors (Lipinski definition) is 3. The maximum Gasteiger partial charge on any atom is 0.251 e. The maximum absolute atomic E-state index is 12.9. The van der Waals surface area contributed by atoms with E-state index in [0.29, 0.717) is 44.5 Å². The first kappa shape index (κ1) is 24.5. The Morgan fingerprint density at radius 1 is 1.00 bits per heavy atom. The van der Waals surface area contributed by atoms with Crippen LogP contribution in [0.5, 0.6) is 0 Å². The summed E-state index contributed by atoms with van der Waals surface area (Å²) >= 11 is 0. The quantitative estimate of drug-likeness (QED) is 0.615. The van der Waals surface area contributed by atoms with Gasteiger partial charge in [-0.1, -0.05) is 55.0 Å². The molecule has 1 saturated heterocycles. The minimum atomic E-state index is -0.605. The number of benzene rings is 2. The van der Waals surface area contributed by atoms with Crippen LogP contribution in [0.1, 0.15) is 54.1 Å². The van der Waals surface area contributed by atoms with Gasteiger partial charge >= 0.3 is 0 Å². The molecule has 0 aromatic heterocycles. The van der Waals surface area contributed by atoms with Crippen molar-refractivity contribution in [3.8, 4) is 0 Å². The lowest BCUT2D eigenvalue weighted by Crippen LogP contribution is -2.54. The zero-order valence-electron chi connectivity index (χ0n) is 19.7. The zero-order chi connectivity index (χ0) is 23.6. The lowest BCUT2D eigenvalue weighted by atomic mass is 9.88. The number of nitrogens with zero attached hydrogens (tertiary/aromatic N) is 1. The van der Waals surface area contributed by atoms with E-state index >= 15 is 0 Å². The van der Waals surface area contributed by atoms with Gasteiger partial charge in [-0.25, -0.2) is 0 Å². The maximum atomic E-state index is 12.9. The Bertz CT molecular complexity index is 919. The fraction of sp³-hybridized carbons (Fsp3) is 0.444. The van der Waals surface area contributed by atoms with E-state index in [1.54, 1.807) is 12.1 Å². The predicted molar refractivity (Wildman–Crippen MR) is 130 cm³/mol. The number of rotatable bonds is 9. The number of carbonyl (C=O) groups is 3. The van der Waals surface area contributed by atoms with Crippen molar-refractivity contribution in [3.63, 3.8) is 0 Å². The minimum absolute atomic E-state index is 0.00516. The van der Waals surface area contributed by atoms with Gasteiger partial charge in [0.05, 0.1) is 0 Å². The Morgan fingerprint density at radius 2 is 1.67 bits per heavy atom. The summed E-state index contributed by atoms with van der Waals surface area (Å²) in [5.74, 6) is -0.249. The first-order valence-electron chi connectivity index (χ1n) is 11.9. The van der Waals surface area contributed by atoms with Gasteiger partial charge in [0.2, 0.25) is 11.8 Å². The number of piperidine rings is 1. The van der Waals surface area contributed by atoms with Crippen molar-refractivity contribution in [3.05, 3.63) is 71.3 Å². The highest BCUT2D eigenvalue weighted by Gasteiger charge is 2.33. The fourth-order valence-electron chi connectivity index (χ4n) is 4.22. The highest BCUT2D eigenvalue weighted by molar-refractivity contribution is 5.97. The number of nitrogens with one attached hydrogen (secondary N) is 2. The van der Waals surface area contributed by atoms with E-state index in [0.717, 1.165) is 24.0 Å². The van der Waals surface area contributed by atoms with Crippen LogP contribution in [0.2, 0.25) is 0 Å². The monoisotopic (exact) mass is 449 g/mol. The van der Waals surface area contributed by atoms with Crippen LogP contribution in [0.25, 0.3) is 0 Å². The number of amides is 3. The number of likely N-dealkylation sites (tertiary alicyclic amines) is 1. The normalized spacial score (nSPS) is 15.0. The third-order valence-electron chi connectivity index (χ3n) is 6.27. The summed E-state index contributed by atoms with van der Waals surface area (Å²) in [7, 11) is 0. The minimum Gasteiger partial charge on any atom is -0.354 e. The summed E-state index contributed by atoms with van der Waals surface area (Å²) in [6.07, 6.45) is 3.43. The Labute approximate surface area is 196 Å². The van der Waals surface area contributed by atoms with Crippen LogP contribution in [0.3, 0.4) is 0 Å². The van der Waals surface area contributed by atoms with Gasteiger partial charge in [0.1, 0.15) is 6.04 Å². The van der Waals surface area contributed by atoms with Gasteiger partial charge < -0.3 is 15.5 Å². The fourth-order valence-corrected chi connectivity index (χ4v) is 4.22. The molecule has 1 aliphatic rings. The van der Waals surface area contributed by atoms with Crippen molar-refractivity contribution in [1.82, 2.24) is 15.5 Å². The van der Waals surface area contributed by atoms with Crippen molar-refractivity contribution in [2.24, 2.45) is 5.92 Å². The second kappa shape index (κ2) is 12.2. The smallest absolute Gasteiger partial charge is 0.251 e. The van der Waals surface area contributed by atoms with Gasteiger partial charge in [0, 0.05) is 31.6 Å². The largest absolute Gasteiger partial charge is 0.354 e. The van der Waals surface area contributed by atoms with Crippen molar-refractivity contribution in [2.45, 2.75) is 52.0 Å². The molecule has 0 unspecified atom stereocenters. The molecule has 6 heteroatoms. The van der Waals surface area contributed by atoms with Gasteiger partial charge in [0.25, 0.3) is 5.91 Å². The van der Waals surface area contributed by atoms with E-state index in [1.807, 2.05) is 61.2 Å². The summed E-state index contributed by atoms with van der Waals surface area (Å²) < 4.78 is 0. The summed E-state index contributed by atoms with van der Waals surface area (Å²) in [4.78, 5) is 40.3. The first-order valence-corrected chi connectivity index (χ1v) is 11.9.